The zero-order valence-corrected chi connectivity index (χ0v) is 9.81. The fourth-order valence-electron chi connectivity index (χ4n) is 1.37. The number of nitrogens with zero attached hydrogens (tertiary/aromatic N) is 2. The van der Waals surface area contributed by atoms with Crippen molar-refractivity contribution in [3.8, 4) is 6.07 Å². The largest absolute Gasteiger partial charge is 0.272 e. The summed E-state index contributed by atoms with van der Waals surface area (Å²) in [7, 11) is 0. The lowest BCUT2D eigenvalue weighted by molar-refractivity contribution is -0.120. The molecule has 4 nitrogen and oxygen atoms in total. The molecule has 17 heavy (non-hydrogen) atoms. The minimum absolute atomic E-state index is 0.169. The van der Waals surface area contributed by atoms with Gasteiger partial charge in [-0.1, -0.05) is 43.7 Å². The van der Waals surface area contributed by atoms with Gasteiger partial charge in [0.2, 0.25) is 0 Å². The van der Waals surface area contributed by atoms with Crippen molar-refractivity contribution < 1.29 is 4.79 Å². The highest BCUT2D eigenvalue weighted by Gasteiger charge is 2.03. The van der Waals surface area contributed by atoms with Crippen LogP contribution >= 0.6 is 0 Å². The van der Waals surface area contributed by atoms with Crippen LogP contribution in [-0.2, 0) is 4.79 Å². The molecule has 88 valence electrons. The number of benzene rings is 1. The summed E-state index contributed by atoms with van der Waals surface area (Å²) in [6, 6.07) is 11.5. The van der Waals surface area contributed by atoms with Gasteiger partial charge in [0.15, 0.2) is 0 Å². The van der Waals surface area contributed by atoms with Gasteiger partial charge >= 0.3 is 0 Å². The van der Waals surface area contributed by atoms with Crippen molar-refractivity contribution >= 4 is 11.6 Å². The summed E-state index contributed by atoms with van der Waals surface area (Å²) < 4.78 is 0. The fraction of sp³-hybridized carbons (Fsp3) is 0.308. The van der Waals surface area contributed by atoms with Crippen LogP contribution in [0, 0.1) is 11.3 Å². The fourth-order valence-corrected chi connectivity index (χ4v) is 1.37. The monoisotopic (exact) mass is 229 g/mol. The Morgan fingerprint density at radius 3 is 2.71 bits per heavy atom. The first kappa shape index (κ1) is 12.9. The van der Waals surface area contributed by atoms with Crippen LogP contribution in [-0.4, -0.2) is 11.6 Å². The maximum absolute atomic E-state index is 11.1. The molecule has 4 heteroatoms. The topological polar surface area (TPSA) is 65.2 Å². The van der Waals surface area contributed by atoms with E-state index < -0.39 is 0 Å². The van der Waals surface area contributed by atoms with Crippen molar-refractivity contribution in [2.45, 2.75) is 26.2 Å². The van der Waals surface area contributed by atoms with E-state index in [0.717, 1.165) is 24.1 Å². The van der Waals surface area contributed by atoms with Crippen molar-refractivity contribution in [1.82, 2.24) is 5.43 Å². The van der Waals surface area contributed by atoms with Gasteiger partial charge in [-0.2, -0.15) is 10.4 Å². The molecule has 0 heterocycles. The van der Waals surface area contributed by atoms with Gasteiger partial charge in [0.25, 0.3) is 5.91 Å². The summed E-state index contributed by atoms with van der Waals surface area (Å²) in [5, 5.41) is 12.4. The van der Waals surface area contributed by atoms with Crippen LogP contribution in [0.25, 0.3) is 0 Å². The summed E-state index contributed by atoms with van der Waals surface area (Å²) >= 11 is 0. The highest BCUT2D eigenvalue weighted by atomic mass is 16.2. The van der Waals surface area contributed by atoms with E-state index in [1.807, 2.05) is 30.3 Å². The van der Waals surface area contributed by atoms with Crippen LogP contribution in [0.15, 0.2) is 35.4 Å². The molecule has 1 aromatic rings. The van der Waals surface area contributed by atoms with E-state index in [0.29, 0.717) is 0 Å². The van der Waals surface area contributed by atoms with Gasteiger partial charge in [0.05, 0.1) is 11.8 Å². The Kier molecular flexibility index (Phi) is 5.45. The molecule has 0 fully saturated rings. The second-order valence-electron chi connectivity index (χ2n) is 3.54. The number of nitrogens with one attached hydrogen (secondary N) is 1. The minimum atomic E-state index is -0.378. The van der Waals surface area contributed by atoms with E-state index >= 15 is 0 Å². The predicted octanol–water partition coefficient (Wildman–Crippen LogP) is 2.22. The average Bonchev–Trinajstić information content (AvgIpc) is 2.36. The molecule has 0 saturated carbocycles. The third-order valence-electron chi connectivity index (χ3n) is 2.15. The van der Waals surface area contributed by atoms with Crippen molar-refractivity contribution in [2.75, 3.05) is 0 Å². The zero-order chi connectivity index (χ0) is 12.5. The van der Waals surface area contributed by atoms with Gasteiger partial charge < -0.3 is 0 Å². The lowest BCUT2D eigenvalue weighted by atomic mass is 10.1. The molecule has 0 atom stereocenters. The van der Waals surface area contributed by atoms with Crippen LogP contribution in [0.4, 0.5) is 0 Å². The predicted molar refractivity (Wildman–Crippen MR) is 66.3 cm³/mol. The molecular formula is C13H15N3O. The third kappa shape index (κ3) is 4.47. The van der Waals surface area contributed by atoms with E-state index in [9.17, 15) is 4.79 Å². The van der Waals surface area contributed by atoms with E-state index in [1.165, 1.54) is 0 Å². The van der Waals surface area contributed by atoms with Crippen LogP contribution in [0.2, 0.25) is 0 Å². The Hall–Kier alpha value is -2.15. The standard InChI is InChI=1S/C13H15N3O/c1-2-6-12(11-7-4-3-5-8-11)15-16-13(17)9-10-14/h3-5,7-8H,2,6,9H2,1H3,(H,16,17)/b15-12-. The number of carbonyl (C=O) groups is 1. The first-order chi connectivity index (χ1) is 8.27. The van der Waals surface area contributed by atoms with E-state index in [-0.39, 0.29) is 12.3 Å². The summed E-state index contributed by atoms with van der Waals surface area (Å²) in [6.45, 7) is 2.05. The zero-order valence-electron chi connectivity index (χ0n) is 9.81. The molecule has 0 radical (unpaired) electrons. The second kappa shape index (κ2) is 7.18. The first-order valence-electron chi connectivity index (χ1n) is 5.55. The average molecular weight is 229 g/mol. The number of hydrazone groups is 1. The van der Waals surface area contributed by atoms with Gasteiger partial charge in [0.1, 0.15) is 6.42 Å². The van der Waals surface area contributed by atoms with Gasteiger partial charge in [-0.05, 0) is 12.0 Å². The number of amides is 1. The third-order valence-corrected chi connectivity index (χ3v) is 2.15. The Morgan fingerprint density at radius 1 is 1.41 bits per heavy atom. The molecule has 0 aliphatic heterocycles. The Morgan fingerprint density at radius 2 is 2.12 bits per heavy atom. The van der Waals surface area contributed by atoms with Crippen molar-refractivity contribution in [1.29, 1.82) is 5.26 Å². The number of hydrogen-bond acceptors (Lipinski definition) is 3. The molecule has 1 aromatic carbocycles. The summed E-state index contributed by atoms with van der Waals surface area (Å²) in [6.07, 6.45) is 1.57. The Balaban J connectivity index is 2.76. The SMILES string of the molecule is CCC/C(=N/NC(=O)CC#N)c1ccccc1. The normalized spacial score (nSPS) is 10.7. The highest BCUT2D eigenvalue weighted by Crippen LogP contribution is 2.05. The maximum Gasteiger partial charge on any atom is 0.254 e. The minimum Gasteiger partial charge on any atom is -0.272 e. The summed E-state index contributed by atoms with van der Waals surface area (Å²) in [5.74, 6) is -0.378. The van der Waals surface area contributed by atoms with Gasteiger partial charge in [-0.3, -0.25) is 4.79 Å². The summed E-state index contributed by atoms with van der Waals surface area (Å²) in [5.41, 5.74) is 4.22. The molecule has 1 amide bonds. The molecule has 1 N–H and O–H groups in total. The number of hydrogen-bond donors (Lipinski definition) is 1. The Bertz CT molecular complexity index is 432. The molecule has 1 rings (SSSR count). The molecule has 0 aliphatic rings. The van der Waals surface area contributed by atoms with Crippen LogP contribution in [0.1, 0.15) is 31.7 Å². The van der Waals surface area contributed by atoms with E-state index in [2.05, 4.69) is 17.5 Å². The Labute approximate surface area is 101 Å². The van der Waals surface area contributed by atoms with Crippen LogP contribution in [0.3, 0.4) is 0 Å². The molecule has 0 saturated heterocycles. The summed E-state index contributed by atoms with van der Waals surface area (Å²) in [4.78, 5) is 11.1. The van der Waals surface area contributed by atoms with Crippen molar-refractivity contribution in [3.63, 3.8) is 0 Å². The molecular weight excluding hydrogens is 214 g/mol. The van der Waals surface area contributed by atoms with Crippen LogP contribution < -0.4 is 5.43 Å². The second-order valence-corrected chi connectivity index (χ2v) is 3.54. The lowest BCUT2D eigenvalue weighted by Gasteiger charge is -2.05. The molecule has 0 bridgehead atoms. The van der Waals surface area contributed by atoms with Crippen molar-refractivity contribution in [3.05, 3.63) is 35.9 Å². The molecule has 0 aromatic heterocycles. The lowest BCUT2D eigenvalue weighted by Crippen LogP contribution is -2.19. The highest BCUT2D eigenvalue weighted by molar-refractivity contribution is 6.01. The van der Waals surface area contributed by atoms with E-state index in [1.54, 1.807) is 6.07 Å². The van der Waals surface area contributed by atoms with Gasteiger partial charge in [-0.15, -0.1) is 0 Å². The molecule has 0 unspecified atom stereocenters. The van der Waals surface area contributed by atoms with Gasteiger partial charge in [-0.25, -0.2) is 5.43 Å². The smallest absolute Gasteiger partial charge is 0.254 e. The first-order valence-corrected chi connectivity index (χ1v) is 5.55. The molecule has 0 aliphatic carbocycles. The molecule has 0 spiro atoms. The van der Waals surface area contributed by atoms with Gasteiger partial charge in [0, 0.05) is 0 Å². The number of carbonyl (C=O) groups excluding carboxylic acids is 1. The number of nitriles is 1. The quantitative estimate of drug-likeness (QED) is 0.621. The van der Waals surface area contributed by atoms with Crippen molar-refractivity contribution in [2.24, 2.45) is 5.10 Å². The number of rotatable bonds is 5. The van der Waals surface area contributed by atoms with Crippen LogP contribution in [0.5, 0.6) is 0 Å². The maximum atomic E-state index is 11.1. The van der Waals surface area contributed by atoms with E-state index in [4.69, 9.17) is 5.26 Å².